The van der Waals surface area contributed by atoms with E-state index in [0.29, 0.717) is 5.75 Å². The SMILES string of the molecule is N#Cc1ccc(CC[C@@H]2CCC[C@H](CCc3ccc(OC(=O)N4CCCC4)cc3)C2)cc1. The normalized spacial score (nSPS) is 20.7. The largest absolute Gasteiger partial charge is 0.415 e. The van der Waals surface area contributed by atoms with Gasteiger partial charge in [-0.15, -0.1) is 0 Å². The number of ether oxygens (including phenoxy) is 1. The third-order valence-corrected chi connectivity index (χ3v) is 7.15. The number of hydrogen-bond acceptors (Lipinski definition) is 3. The van der Waals surface area contributed by atoms with Crippen LogP contribution >= 0.6 is 0 Å². The molecule has 0 unspecified atom stereocenters. The fourth-order valence-corrected chi connectivity index (χ4v) is 5.20. The van der Waals surface area contributed by atoms with Gasteiger partial charge in [-0.1, -0.05) is 43.5 Å². The van der Waals surface area contributed by atoms with E-state index < -0.39 is 0 Å². The summed E-state index contributed by atoms with van der Waals surface area (Å²) < 4.78 is 5.51. The first kappa shape index (κ1) is 22.4. The molecule has 2 fully saturated rings. The Bertz CT molecular complexity index is 908. The van der Waals surface area contributed by atoms with Crippen LogP contribution in [-0.4, -0.2) is 24.1 Å². The molecule has 2 atom stereocenters. The fourth-order valence-electron chi connectivity index (χ4n) is 5.20. The Morgan fingerprint density at radius 2 is 1.44 bits per heavy atom. The smallest absolute Gasteiger partial charge is 0.410 e. The van der Waals surface area contributed by atoms with E-state index in [4.69, 9.17) is 10.00 Å². The number of nitriles is 1. The van der Waals surface area contributed by atoms with Gasteiger partial charge in [0, 0.05) is 13.1 Å². The van der Waals surface area contributed by atoms with Gasteiger partial charge in [-0.3, -0.25) is 0 Å². The monoisotopic (exact) mass is 430 g/mol. The number of aryl methyl sites for hydroxylation is 2. The van der Waals surface area contributed by atoms with Crippen molar-refractivity contribution >= 4 is 6.09 Å². The van der Waals surface area contributed by atoms with Crippen molar-refractivity contribution in [1.82, 2.24) is 4.90 Å². The van der Waals surface area contributed by atoms with E-state index in [2.05, 4.69) is 30.3 Å². The first-order valence-electron chi connectivity index (χ1n) is 12.2. The van der Waals surface area contributed by atoms with Crippen molar-refractivity contribution in [1.29, 1.82) is 5.26 Å². The van der Waals surface area contributed by atoms with Crippen LogP contribution in [0.15, 0.2) is 48.5 Å². The lowest BCUT2D eigenvalue weighted by molar-refractivity contribution is 0.163. The molecule has 1 aliphatic carbocycles. The first-order valence-corrected chi connectivity index (χ1v) is 12.2. The molecule has 1 saturated carbocycles. The molecule has 32 heavy (non-hydrogen) atoms. The summed E-state index contributed by atoms with van der Waals surface area (Å²) in [6.45, 7) is 1.62. The average Bonchev–Trinajstić information content (AvgIpc) is 3.38. The zero-order valence-corrected chi connectivity index (χ0v) is 19.0. The summed E-state index contributed by atoms with van der Waals surface area (Å²) in [5.74, 6) is 2.27. The lowest BCUT2D eigenvalue weighted by Crippen LogP contribution is -2.30. The molecule has 0 radical (unpaired) electrons. The zero-order valence-electron chi connectivity index (χ0n) is 19.0. The van der Waals surface area contributed by atoms with Crippen molar-refractivity contribution in [3.05, 3.63) is 65.2 Å². The Morgan fingerprint density at radius 1 is 0.875 bits per heavy atom. The topological polar surface area (TPSA) is 53.3 Å². The van der Waals surface area contributed by atoms with Crippen LogP contribution in [0.1, 0.15) is 68.1 Å². The second-order valence-corrected chi connectivity index (χ2v) is 9.49. The minimum atomic E-state index is -0.218. The molecule has 1 heterocycles. The Balaban J connectivity index is 1.19. The third kappa shape index (κ3) is 6.36. The number of carbonyl (C=O) groups is 1. The number of rotatable bonds is 7. The number of hydrogen-bond donors (Lipinski definition) is 0. The molecule has 1 saturated heterocycles. The highest BCUT2D eigenvalue weighted by Gasteiger charge is 2.22. The molecule has 0 bridgehead atoms. The summed E-state index contributed by atoms with van der Waals surface area (Å²) in [6.07, 6.45) is 12.0. The molecule has 1 aliphatic heterocycles. The number of benzene rings is 2. The second-order valence-electron chi connectivity index (χ2n) is 9.49. The Kier molecular flexibility index (Phi) is 7.82. The lowest BCUT2D eigenvalue weighted by Gasteiger charge is -2.29. The molecule has 0 N–H and O–H groups in total. The molecular weight excluding hydrogens is 396 g/mol. The zero-order chi connectivity index (χ0) is 22.2. The van der Waals surface area contributed by atoms with Crippen molar-refractivity contribution in [2.75, 3.05) is 13.1 Å². The average molecular weight is 431 g/mol. The van der Waals surface area contributed by atoms with E-state index >= 15 is 0 Å². The predicted molar refractivity (Wildman–Crippen MR) is 127 cm³/mol. The van der Waals surface area contributed by atoms with E-state index in [-0.39, 0.29) is 6.09 Å². The van der Waals surface area contributed by atoms with Gasteiger partial charge in [-0.2, -0.15) is 5.26 Å². The maximum Gasteiger partial charge on any atom is 0.415 e. The van der Waals surface area contributed by atoms with E-state index in [1.165, 1.54) is 49.7 Å². The van der Waals surface area contributed by atoms with Crippen LogP contribution in [0, 0.1) is 23.2 Å². The van der Waals surface area contributed by atoms with Gasteiger partial charge >= 0.3 is 6.09 Å². The molecular formula is C28H34N2O2. The Hall–Kier alpha value is -2.80. The molecule has 4 nitrogen and oxygen atoms in total. The highest BCUT2D eigenvalue weighted by Crippen LogP contribution is 2.34. The van der Waals surface area contributed by atoms with E-state index in [0.717, 1.165) is 56.2 Å². The number of carbonyl (C=O) groups excluding carboxylic acids is 1. The predicted octanol–water partition coefficient (Wildman–Crippen LogP) is 6.52. The first-order chi connectivity index (χ1) is 15.7. The molecule has 4 heteroatoms. The van der Waals surface area contributed by atoms with Gasteiger partial charge in [0.25, 0.3) is 0 Å². The summed E-state index contributed by atoms with van der Waals surface area (Å²) in [7, 11) is 0. The van der Waals surface area contributed by atoms with E-state index in [9.17, 15) is 4.79 Å². The van der Waals surface area contributed by atoms with Gasteiger partial charge in [0.15, 0.2) is 0 Å². The van der Waals surface area contributed by atoms with Crippen LogP contribution in [0.5, 0.6) is 5.75 Å². The number of likely N-dealkylation sites (tertiary alicyclic amines) is 1. The summed E-state index contributed by atoms with van der Waals surface area (Å²) in [5, 5.41) is 8.94. The highest BCUT2D eigenvalue weighted by molar-refractivity contribution is 5.70. The molecule has 2 aromatic carbocycles. The summed E-state index contributed by atoms with van der Waals surface area (Å²) in [6, 6.07) is 18.3. The highest BCUT2D eigenvalue weighted by atomic mass is 16.6. The lowest BCUT2D eigenvalue weighted by atomic mass is 9.77. The van der Waals surface area contributed by atoms with Gasteiger partial charge in [0.2, 0.25) is 0 Å². The van der Waals surface area contributed by atoms with E-state index in [1.807, 2.05) is 24.3 Å². The molecule has 0 aromatic heterocycles. The molecule has 4 rings (SSSR count). The quantitative estimate of drug-likeness (QED) is 0.502. The number of nitrogens with zero attached hydrogens (tertiary/aromatic N) is 2. The molecule has 0 spiro atoms. The molecule has 2 aromatic rings. The van der Waals surface area contributed by atoms with Gasteiger partial charge in [0.05, 0.1) is 11.6 Å². The minimum Gasteiger partial charge on any atom is -0.410 e. The van der Waals surface area contributed by atoms with E-state index in [1.54, 1.807) is 4.90 Å². The maximum absolute atomic E-state index is 12.1. The van der Waals surface area contributed by atoms with Crippen molar-refractivity contribution in [3.63, 3.8) is 0 Å². The van der Waals surface area contributed by atoms with Crippen LogP contribution in [0.3, 0.4) is 0 Å². The van der Waals surface area contributed by atoms with Gasteiger partial charge in [-0.25, -0.2) is 4.79 Å². The fraction of sp³-hybridized carbons (Fsp3) is 0.500. The molecule has 2 aliphatic rings. The van der Waals surface area contributed by atoms with Crippen LogP contribution in [0.2, 0.25) is 0 Å². The summed E-state index contributed by atoms with van der Waals surface area (Å²) in [4.78, 5) is 13.9. The molecule has 168 valence electrons. The van der Waals surface area contributed by atoms with Gasteiger partial charge < -0.3 is 9.64 Å². The maximum atomic E-state index is 12.1. The minimum absolute atomic E-state index is 0.218. The van der Waals surface area contributed by atoms with Crippen LogP contribution in [0.25, 0.3) is 0 Å². The Labute approximate surface area is 192 Å². The third-order valence-electron chi connectivity index (χ3n) is 7.15. The summed E-state index contributed by atoms with van der Waals surface area (Å²) in [5.41, 5.74) is 3.41. The van der Waals surface area contributed by atoms with Gasteiger partial charge in [-0.05, 0) is 92.2 Å². The van der Waals surface area contributed by atoms with Crippen molar-refractivity contribution in [2.24, 2.45) is 11.8 Å². The van der Waals surface area contributed by atoms with Crippen LogP contribution in [-0.2, 0) is 12.8 Å². The molecule has 1 amide bonds. The number of amides is 1. The second kappa shape index (κ2) is 11.2. The van der Waals surface area contributed by atoms with Crippen molar-refractivity contribution in [2.45, 2.75) is 64.2 Å². The van der Waals surface area contributed by atoms with Crippen molar-refractivity contribution in [3.8, 4) is 11.8 Å². The Morgan fingerprint density at radius 3 is 2.00 bits per heavy atom. The summed E-state index contributed by atoms with van der Waals surface area (Å²) >= 11 is 0. The van der Waals surface area contributed by atoms with Gasteiger partial charge in [0.1, 0.15) is 5.75 Å². The van der Waals surface area contributed by atoms with Crippen LogP contribution in [0.4, 0.5) is 4.79 Å². The van der Waals surface area contributed by atoms with Crippen LogP contribution < -0.4 is 4.74 Å². The standard InChI is InChI=1S/C28H34N2O2/c29-21-26-12-8-22(9-13-26)6-10-24-4-3-5-25(20-24)11-7-23-14-16-27(17-15-23)32-28(31)30-18-1-2-19-30/h8-9,12-17,24-25H,1-7,10-11,18-20H2/t24-,25+/m0/s1. The van der Waals surface area contributed by atoms with Crippen molar-refractivity contribution < 1.29 is 9.53 Å².